The van der Waals surface area contributed by atoms with Crippen LogP contribution in [0.2, 0.25) is 0 Å². The summed E-state index contributed by atoms with van der Waals surface area (Å²) >= 11 is 7.35. The number of allylic oxidation sites excluding steroid dienone is 4. The van der Waals surface area contributed by atoms with Crippen LogP contribution in [0, 0.1) is 22.7 Å². The van der Waals surface area contributed by atoms with Gasteiger partial charge < -0.3 is 19.7 Å². The summed E-state index contributed by atoms with van der Waals surface area (Å²) in [4.78, 5) is 47.4. The van der Waals surface area contributed by atoms with E-state index in [0.717, 1.165) is 12.5 Å². The molecule has 0 amide bonds. The van der Waals surface area contributed by atoms with E-state index in [4.69, 9.17) is 21.1 Å². The number of ketones is 2. The maximum absolute atomic E-state index is 13.3. The Bertz CT molecular complexity index is 1020. The first-order valence-corrected chi connectivity index (χ1v) is 12.0. The topological polar surface area (TPSA) is 127 Å². The van der Waals surface area contributed by atoms with E-state index >= 15 is 0 Å². The van der Waals surface area contributed by atoms with E-state index in [2.05, 4.69) is 0 Å². The maximum atomic E-state index is 13.3. The molecule has 0 spiro atoms. The normalized spacial score (nSPS) is 44.9. The van der Waals surface area contributed by atoms with Crippen molar-refractivity contribution in [3.63, 3.8) is 0 Å². The average Bonchev–Trinajstić information content (AvgIpc) is 2.95. The smallest absolute Gasteiger partial charge is 0.303 e. The van der Waals surface area contributed by atoms with Crippen LogP contribution in [0.25, 0.3) is 0 Å². The van der Waals surface area contributed by atoms with Crippen molar-refractivity contribution < 1.29 is 38.9 Å². The standard InChI is InChI=1S/C25H31ClO8/c1-13(27)33-12-20(31)25(32)21(34-14(2)28)10-18-17-6-5-15-9-16(29)7-8-22(15,3)24(17,26)19(30)11-23(18,25)4/h7-9,17-19,21,30,32H,5-6,10-12H2,1-4H3/t17-,18-,19-,21+,22-,23-,24-,25+/m0/s1. The molecule has 3 saturated carbocycles. The van der Waals surface area contributed by atoms with Gasteiger partial charge in [0.1, 0.15) is 6.10 Å². The number of Topliss-reactive ketones (excluding diaryl/α,β-unsaturated/α-hetero) is 1. The Balaban J connectivity index is 1.80. The molecule has 8 nitrogen and oxygen atoms in total. The van der Waals surface area contributed by atoms with Gasteiger partial charge in [-0.05, 0) is 49.7 Å². The molecule has 0 aliphatic heterocycles. The van der Waals surface area contributed by atoms with Gasteiger partial charge in [-0.25, -0.2) is 0 Å². The summed E-state index contributed by atoms with van der Waals surface area (Å²) in [5.41, 5.74) is -3.32. The summed E-state index contributed by atoms with van der Waals surface area (Å²) in [7, 11) is 0. The van der Waals surface area contributed by atoms with Crippen LogP contribution >= 0.6 is 11.6 Å². The molecule has 3 fully saturated rings. The third kappa shape index (κ3) is 3.18. The zero-order valence-corrected chi connectivity index (χ0v) is 20.6. The van der Waals surface area contributed by atoms with Crippen molar-refractivity contribution in [2.75, 3.05) is 6.61 Å². The highest BCUT2D eigenvalue weighted by Crippen LogP contribution is 2.70. The maximum Gasteiger partial charge on any atom is 0.303 e. The van der Waals surface area contributed by atoms with Crippen LogP contribution in [0.1, 0.15) is 53.4 Å². The molecule has 34 heavy (non-hydrogen) atoms. The molecule has 0 radical (unpaired) electrons. The molecular formula is C25H31ClO8. The van der Waals surface area contributed by atoms with Gasteiger partial charge in [-0.2, -0.15) is 0 Å². The third-order valence-electron chi connectivity index (χ3n) is 8.98. The van der Waals surface area contributed by atoms with Crippen LogP contribution < -0.4 is 0 Å². The van der Waals surface area contributed by atoms with E-state index in [9.17, 15) is 29.4 Å². The summed E-state index contributed by atoms with van der Waals surface area (Å²) in [6, 6.07) is 0. The Hall–Kier alpha value is -2.03. The molecule has 4 aliphatic carbocycles. The van der Waals surface area contributed by atoms with Crippen molar-refractivity contribution in [1.29, 1.82) is 0 Å². The minimum atomic E-state index is -2.17. The van der Waals surface area contributed by atoms with E-state index in [-0.39, 0.29) is 30.5 Å². The lowest BCUT2D eigenvalue weighted by atomic mass is 9.45. The number of aliphatic hydroxyl groups is 2. The van der Waals surface area contributed by atoms with Gasteiger partial charge in [0.2, 0.25) is 5.78 Å². The van der Waals surface area contributed by atoms with E-state index in [1.165, 1.54) is 13.0 Å². The van der Waals surface area contributed by atoms with E-state index in [1.807, 2.05) is 6.92 Å². The van der Waals surface area contributed by atoms with Gasteiger partial charge in [0, 0.05) is 24.7 Å². The SMILES string of the molecule is CC(=O)OCC(=O)[C@@]1(O)[C@H](OC(C)=O)C[C@H]2[C@@H]3CCC4=CC(=O)C=C[C@]4(C)[C@@]3(Cl)[C@@H](O)C[C@@]21C. The highest BCUT2D eigenvalue weighted by atomic mass is 35.5. The number of hydrogen-bond donors (Lipinski definition) is 2. The van der Waals surface area contributed by atoms with Crippen molar-refractivity contribution in [1.82, 2.24) is 0 Å². The molecule has 2 N–H and O–H groups in total. The molecule has 0 aromatic rings. The number of rotatable bonds is 4. The molecule has 0 aromatic carbocycles. The molecule has 0 aromatic heterocycles. The van der Waals surface area contributed by atoms with Gasteiger partial charge in [-0.15, -0.1) is 11.6 Å². The summed E-state index contributed by atoms with van der Waals surface area (Å²) in [5.74, 6) is -2.97. The lowest BCUT2D eigenvalue weighted by molar-refractivity contribution is -0.195. The second-order valence-electron chi connectivity index (χ2n) is 10.6. The molecule has 4 aliphatic rings. The summed E-state index contributed by atoms with van der Waals surface area (Å²) in [6.07, 6.45) is 3.71. The van der Waals surface area contributed by atoms with Gasteiger partial charge in [-0.3, -0.25) is 19.2 Å². The minimum Gasteiger partial charge on any atom is -0.459 e. The van der Waals surface area contributed by atoms with E-state index in [0.29, 0.717) is 12.8 Å². The summed E-state index contributed by atoms with van der Waals surface area (Å²) < 4.78 is 10.3. The van der Waals surface area contributed by atoms with Crippen LogP contribution in [-0.2, 0) is 28.7 Å². The number of alkyl halides is 1. The van der Waals surface area contributed by atoms with Crippen molar-refractivity contribution in [2.24, 2.45) is 22.7 Å². The van der Waals surface area contributed by atoms with Gasteiger partial charge in [-0.1, -0.05) is 25.5 Å². The molecule has 8 atom stereocenters. The molecule has 9 heteroatoms. The Morgan fingerprint density at radius 2 is 1.85 bits per heavy atom. The van der Waals surface area contributed by atoms with Crippen LogP contribution in [-0.4, -0.2) is 63.0 Å². The Kier molecular flexibility index (Phi) is 5.90. The molecular weight excluding hydrogens is 464 g/mol. The quantitative estimate of drug-likeness (QED) is 0.449. The molecule has 186 valence electrons. The van der Waals surface area contributed by atoms with Gasteiger partial charge in [0.25, 0.3) is 0 Å². The molecule has 4 rings (SSSR count). The first-order valence-electron chi connectivity index (χ1n) is 11.6. The Labute approximate surface area is 203 Å². The number of aliphatic hydroxyl groups excluding tert-OH is 1. The highest BCUT2D eigenvalue weighted by molar-refractivity contribution is 6.26. The average molecular weight is 495 g/mol. The molecule has 0 saturated heterocycles. The zero-order valence-electron chi connectivity index (χ0n) is 19.8. The number of halogens is 1. The lowest BCUT2D eigenvalue weighted by Crippen LogP contribution is -2.69. The van der Waals surface area contributed by atoms with Crippen LogP contribution in [0.15, 0.2) is 23.8 Å². The number of esters is 2. The minimum absolute atomic E-state index is 0.0393. The number of ether oxygens (including phenoxy) is 2. The second kappa shape index (κ2) is 8.00. The van der Waals surface area contributed by atoms with Crippen molar-refractivity contribution >= 4 is 35.1 Å². The number of carbonyl (C=O) groups excluding carboxylic acids is 4. The first kappa shape index (κ1) is 25.1. The van der Waals surface area contributed by atoms with Crippen LogP contribution in [0.3, 0.4) is 0 Å². The number of hydrogen-bond acceptors (Lipinski definition) is 8. The van der Waals surface area contributed by atoms with Gasteiger partial charge in [0.15, 0.2) is 18.0 Å². The fraction of sp³-hybridized carbons (Fsp3) is 0.680. The number of carbonyl (C=O) groups is 4. The third-order valence-corrected chi connectivity index (χ3v) is 9.90. The predicted molar refractivity (Wildman–Crippen MR) is 121 cm³/mol. The number of fused-ring (bicyclic) bond motifs is 5. The monoisotopic (exact) mass is 494 g/mol. The van der Waals surface area contributed by atoms with Crippen molar-refractivity contribution in [2.45, 2.75) is 76.1 Å². The fourth-order valence-electron chi connectivity index (χ4n) is 7.31. The summed E-state index contributed by atoms with van der Waals surface area (Å²) in [5, 5.41) is 23.5. The van der Waals surface area contributed by atoms with Crippen molar-refractivity contribution in [3.8, 4) is 0 Å². The van der Waals surface area contributed by atoms with Gasteiger partial charge >= 0.3 is 11.9 Å². The predicted octanol–water partition coefficient (Wildman–Crippen LogP) is 2.03. The molecule has 0 heterocycles. The van der Waals surface area contributed by atoms with E-state index < -0.39 is 57.8 Å². The highest BCUT2D eigenvalue weighted by Gasteiger charge is 2.76. The molecule has 0 unspecified atom stereocenters. The molecule has 0 bridgehead atoms. The zero-order chi connectivity index (χ0) is 25.3. The fourth-order valence-corrected chi connectivity index (χ4v) is 7.83. The Morgan fingerprint density at radius 1 is 1.18 bits per heavy atom. The Morgan fingerprint density at radius 3 is 2.47 bits per heavy atom. The van der Waals surface area contributed by atoms with Crippen LogP contribution in [0.5, 0.6) is 0 Å². The first-order chi connectivity index (χ1) is 15.7. The van der Waals surface area contributed by atoms with Gasteiger partial charge in [0.05, 0.1) is 11.0 Å². The second-order valence-corrected chi connectivity index (χ2v) is 11.2. The largest absolute Gasteiger partial charge is 0.459 e. The lowest BCUT2D eigenvalue weighted by Gasteiger charge is -2.63. The van der Waals surface area contributed by atoms with Crippen LogP contribution in [0.4, 0.5) is 0 Å². The summed E-state index contributed by atoms with van der Waals surface area (Å²) in [6.45, 7) is 5.30. The van der Waals surface area contributed by atoms with Crippen molar-refractivity contribution in [3.05, 3.63) is 23.8 Å². The van der Waals surface area contributed by atoms with E-state index in [1.54, 1.807) is 19.1 Å².